The Kier molecular flexibility index (Phi) is 4.55. The van der Waals surface area contributed by atoms with Gasteiger partial charge in [0, 0.05) is 18.1 Å². The lowest BCUT2D eigenvalue weighted by Gasteiger charge is -2.12. The highest BCUT2D eigenvalue weighted by molar-refractivity contribution is 6.30. The highest BCUT2D eigenvalue weighted by atomic mass is 35.5. The van der Waals surface area contributed by atoms with Crippen molar-refractivity contribution in [1.29, 1.82) is 0 Å². The molecule has 30 heavy (non-hydrogen) atoms. The van der Waals surface area contributed by atoms with Crippen LogP contribution in [-0.2, 0) is 6.54 Å². The number of carbonyl (C=O) groups excluding carboxylic acids is 1. The highest BCUT2D eigenvalue weighted by Crippen LogP contribution is 2.19. The van der Waals surface area contributed by atoms with E-state index in [4.69, 9.17) is 11.6 Å². The van der Waals surface area contributed by atoms with Gasteiger partial charge in [-0.3, -0.25) is 14.2 Å². The molecule has 4 aromatic rings. The second kappa shape index (κ2) is 7.25. The molecule has 8 heteroatoms. The summed E-state index contributed by atoms with van der Waals surface area (Å²) < 4.78 is 3.18. The lowest BCUT2D eigenvalue weighted by Crippen LogP contribution is -2.28. The Labute approximate surface area is 177 Å². The van der Waals surface area contributed by atoms with E-state index in [2.05, 4.69) is 10.1 Å². The van der Waals surface area contributed by atoms with Crippen molar-refractivity contribution in [2.24, 2.45) is 0 Å². The summed E-state index contributed by atoms with van der Waals surface area (Å²) in [5.41, 5.74) is 3.32. The molecule has 0 unspecified atom stereocenters. The van der Waals surface area contributed by atoms with Crippen LogP contribution in [0.15, 0.2) is 47.3 Å². The first-order valence-electron chi connectivity index (χ1n) is 9.95. The number of amides is 1. The molecule has 1 aliphatic heterocycles. The summed E-state index contributed by atoms with van der Waals surface area (Å²) in [4.78, 5) is 32.3. The fraction of sp³-hybridized carbons (Fsp3) is 0.273. The summed E-state index contributed by atoms with van der Waals surface area (Å²) in [6.07, 6.45) is 1.96. The first kappa shape index (κ1) is 18.8. The summed E-state index contributed by atoms with van der Waals surface area (Å²) in [5, 5.41) is 5.06. The zero-order chi connectivity index (χ0) is 20.8. The third kappa shape index (κ3) is 3.15. The Morgan fingerprint density at radius 2 is 1.80 bits per heavy atom. The van der Waals surface area contributed by atoms with Crippen LogP contribution in [0.1, 0.15) is 34.6 Å². The fourth-order valence-electron chi connectivity index (χ4n) is 3.96. The minimum atomic E-state index is -0.281. The number of benzene rings is 2. The van der Waals surface area contributed by atoms with E-state index in [-0.39, 0.29) is 22.9 Å². The van der Waals surface area contributed by atoms with Gasteiger partial charge in [-0.05, 0) is 55.2 Å². The zero-order valence-electron chi connectivity index (χ0n) is 16.5. The van der Waals surface area contributed by atoms with Gasteiger partial charge in [0.15, 0.2) is 0 Å². The molecule has 0 bridgehead atoms. The van der Waals surface area contributed by atoms with Gasteiger partial charge in [-0.1, -0.05) is 29.8 Å². The maximum Gasteiger partial charge on any atom is 0.296 e. The molecule has 5 rings (SSSR count). The molecular weight excluding hydrogens is 402 g/mol. The van der Waals surface area contributed by atoms with Gasteiger partial charge in [0.05, 0.1) is 17.6 Å². The number of hydrogen-bond acceptors (Lipinski definition) is 4. The van der Waals surface area contributed by atoms with Crippen molar-refractivity contribution in [1.82, 2.24) is 24.1 Å². The molecular formula is C22H20ClN5O2. The van der Waals surface area contributed by atoms with E-state index < -0.39 is 0 Å². The third-order valence-electron chi connectivity index (χ3n) is 5.53. The summed E-state index contributed by atoms with van der Waals surface area (Å²) in [5.74, 6) is -0.153. The van der Waals surface area contributed by atoms with Crippen molar-refractivity contribution < 1.29 is 4.79 Å². The van der Waals surface area contributed by atoms with E-state index in [1.807, 2.05) is 37.3 Å². The predicted octanol–water partition coefficient (Wildman–Crippen LogP) is 3.29. The third-order valence-corrected chi connectivity index (χ3v) is 5.78. The monoisotopic (exact) mass is 421 g/mol. The number of halogens is 1. The maximum atomic E-state index is 13.4. The predicted molar refractivity (Wildman–Crippen MR) is 115 cm³/mol. The van der Waals surface area contributed by atoms with Crippen molar-refractivity contribution in [2.75, 3.05) is 13.1 Å². The van der Waals surface area contributed by atoms with Crippen LogP contribution in [0.25, 0.3) is 16.7 Å². The van der Waals surface area contributed by atoms with Crippen molar-refractivity contribution >= 4 is 34.2 Å². The van der Waals surface area contributed by atoms with E-state index in [1.54, 1.807) is 21.6 Å². The quantitative estimate of drug-likeness (QED) is 0.509. The normalized spacial score (nSPS) is 14.1. The van der Waals surface area contributed by atoms with Crippen LogP contribution in [0.5, 0.6) is 0 Å². The van der Waals surface area contributed by atoms with Gasteiger partial charge in [-0.2, -0.15) is 4.98 Å². The Morgan fingerprint density at radius 1 is 1.07 bits per heavy atom. The SMILES string of the molecule is Cc1ccc2c(c1)n(Cc1ccc(Cl)cc1)c(=O)c1nc(C(=O)N3CCCC3)nn12. The van der Waals surface area contributed by atoms with Gasteiger partial charge in [-0.25, -0.2) is 4.52 Å². The lowest BCUT2D eigenvalue weighted by atomic mass is 10.2. The van der Waals surface area contributed by atoms with E-state index in [1.165, 1.54) is 4.52 Å². The molecule has 0 saturated carbocycles. The summed E-state index contributed by atoms with van der Waals surface area (Å²) in [7, 11) is 0. The Bertz CT molecular complexity index is 1330. The Hall–Kier alpha value is -3.19. The van der Waals surface area contributed by atoms with Gasteiger partial charge in [0.25, 0.3) is 11.5 Å². The van der Waals surface area contributed by atoms with Gasteiger partial charge in [0.2, 0.25) is 11.5 Å². The largest absolute Gasteiger partial charge is 0.336 e. The number of rotatable bonds is 3. The second-order valence-corrected chi connectivity index (χ2v) is 8.12. The first-order valence-corrected chi connectivity index (χ1v) is 10.3. The van der Waals surface area contributed by atoms with E-state index in [0.717, 1.165) is 35.0 Å². The van der Waals surface area contributed by atoms with Crippen LogP contribution in [0.2, 0.25) is 5.02 Å². The fourth-order valence-corrected chi connectivity index (χ4v) is 4.08. The smallest absolute Gasteiger partial charge is 0.296 e. The van der Waals surface area contributed by atoms with E-state index >= 15 is 0 Å². The van der Waals surface area contributed by atoms with Gasteiger partial charge >= 0.3 is 0 Å². The molecule has 152 valence electrons. The molecule has 0 spiro atoms. The molecule has 0 radical (unpaired) electrons. The van der Waals surface area contributed by atoms with Crippen LogP contribution in [0, 0.1) is 6.92 Å². The molecule has 7 nitrogen and oxygen atoms in total. The number of likely N-dealkylation sites (tertiary alicyclic amines) is 1. The molecule has 3 heterocycles. The number of carbonyl (C=O) groups is 1. The van der Waals surface area contributed by atoms with Crippen LogP contribution < -0.4 is 5.56 Å². The standard InChI is InChI=1S/C22H20ClN5O2/c1-14-4-9-17-18(12-14)27(13-15-5-7-16(23)8-6-15)22(30)20-24-19(25-28(17)20)21(29)26-10-2-3-11-26/h4-9,12H,2-3,10-11,13H2,1H3. The molecule has 1 amide bonds. The summed E-state index contributed by atoms with van der Waals surface area (Å²) in [6.45, 7) is 3.75. The highest BCUT2D eigenvalue weighted by Gasteiger charge is 2.25. The number of fused-ring (bicyclic) bond motifs is 3. The first-order chi connectivity index (χ1) is 14.5. The zero-order valence-corrected chi connectivity index (χ0v) is 17.3. The van der Waals surface area contributed by atoms with Crippen LogP contribution in [0.4, 0.5) is 0 Å². The van der Waals surface area contributed by atoms with Crippen LogP contribution >= 0.6 is 11.6 Å². The van der Waals surface area contributed by atoms with E-state index in [9.17, 15) is 9.59 Å². The lowest BCUT2D eigenvalue weighted by molar-refractivity contribution is 0.0781. The van der Waals surface area contributed by atoms with E-state index in [0.29, 0.717) is 24.7 Å². The topological polar surface area (TPSA) is 72.5 Å². The van der Waals surface area contributed by atoms with Crippen molar-refractivity contribution in [3.8, 4) is 0 Å². The van der Waals surface area contributed by atoms with Gasteiger partial charge in [-0.15, -0.1) is 5.10 Å². The molecule has 2 aromatic carbocycles. The molecule has 1 saturated heterocycles. The molecule has 1 fully saturated rings. The minimum Gasteiger partial charge on any atom is -0.336 e. The van der Waals surface area contributed by atoms with Crippen LogP contribution in [-0.4, -0.2) is 43.1 Å². The van der Waals surface area contributed by atoms with Crippen molar-refractivity contribution in [3.63, 3.8) is 0 Å². The average Bonchev–Trinajstić information content (AvgIpc) is 3.42. The minimum absolute atomic E-state index is 0.0696. The second-order valence-electron chi connectivity index (χ2n) is 7.68. The Morgan fingerprint density at radius 3 is 2.53 bits per heavy atom. The number of aryl methyl sites for hydroxylation is 1. The summed E-state index contributed by atoms with van der Waals surface area (Å²) >= 11 is 6.00. The average molecular weight is 422 g/mol. The molecule has 0 aliphatic carbocycles. The molecule has 1 aliphatic rings. The summed E-state index contributed by atoms with van der Waals surface area (Å²) in [6, 6.07) is 13.2. The molecule has 0 atom stereocenters. The number of aromatic nitrogens is 4. The molecule has 0 N–H and O–H groups in total. The number of hydrogen-bond donors (Lipinski definition) is 0. The van der Waals surface area contributed by atoms with Crippen LogP contribution in [0.3, 0.4) is 0 Å². The van der Waals surface area contributed by atoms with Crippen molar-refractivity contribution in [2.45, 2.75) is 26.3 Å². The maximum absolute atomic E-state index is 13.4. The van der Waals surface area contributed by atoms with Gasteiger partial charge < -0.3 is 4.90 Å². The molecule has 2 aromatic heterocycles. The number of nitrogens with zero attached hydrogens (tertiary/aromatic N) is 5. The Balaban J connectivity index is 1.71. The van der Waals surface area contributed by atoms with Crippen molar-refractivity contribution in [3.05, 3.63) is 74.8 Å². The van der Waals surface area contributed by atoms with Gasteiger partial charge in [0.1, 0.15) is 0 Å².